The number of nitrogens with one attached hydrogen (secondary N) is 1. The molecule has 1 amide bonds. The molecule has 0 aromatic carbocycles. The fraction of sp³-hybridized carbons (Fsp3) is 0.0769. The predicted molar refractivity (Wildman–Crippen MR) is 68.1 cm³/mol. The zero-order valence-corrected chi connectivity index (χ0v) is 10.1. The molecule has 0 aliphatic rings. The number of carboxylic acid groups (broad SMARTS) is 1. The van der Waals surface area contributed by atoms with Crippen LogP contribution in [0.25, 0.3) is 0 Å². The summed E-state index contributed by atoms with van der Waals surface area (Å²) in [5.41, 5.74) is 0.867. The fourth-order valence-corrected chi connectivity index (χ4v) is 1.48. The van der Waals surface area contributed by atoms with E-state index in [9.17, 15) is 9.59 Å². The molecule has 0 aliphatic carbocycles. The van der Waals surface area contributed by atoms with Crippen LogP contribution in [0.1, 0.15) is 26.4 Å². The minimum absolute atomic E-state index is 0.176. The van der Waals surface area contributed by atoms with E-state index in [1.165, 1.54) is 18.3 Å². The Balaban J connectivity index is 2.23. The second-order valence-corrected chi connectivity index (χ2v) is 3.86. The Bertz CT molecular complexity index is 641. The van der Waals surface area contributed by atoms with Crippen molar-refractivity contribution >= 4 is 17.7 Å². The summed E-state index contributed by atoms with van der Waals surface area (Å²) in [6.45, 7) is 1.82. The van der Waals surface area contributed by atoms with Crippen LogP contribution in [0, 0.1) is 6.92 Å². The molecule has 0 atom stereocenters. The SMILES string of the molecule is Cc1cccnc1NC(=O)c1ccnc(C(=O)O)c1. The number of hydrogen-bond donors (Lipinski definition) is 2. The predicted octanol–water partition coefficient (Wildman–Crippen LogP) is 1.74. The second-order valence-electron chi connectivity index (χ2n) is 3.86. The largest absolute Gasteiger partial charge is 0.477 e. The molecule has 0 radical (unpaired) electrons. The van der Waals surface area contributed by atoms with Crippen LogP contribution < -0.4 is 5.32 Å². The monoisotopic (exact) mass is 257 g/mol. The molecule has 0 fully saturated rings. The number of amides is 1. The van der Waals surface area contributed by atoms with E-state index in [1.54, 1.807) is 12.3 Å². The maximum Gasteiger partial charge on any atom is 0.354 e. The van der Waals surface area contributed by atoms with Gasteiger partial charge in [-0.25, -0.2) is 14.8 Å². The summed E-state index contributed by atoms with van der Waals surface area (Å²) in [6.07, 6.45) is 2.85. The van der Waals surface area contributed by atoms with Crippen molar-refractivity contribution in [3.05, 3.63) is 53.5 Å². The van der Waals surface area contributed by atoms with Crippen LogP contribution in [0.5, 0.6) is 0 Å². The lowest BCUT2D eigenvalue weighted by atomic mass is 10.2. The molecule has 2 aromatic heterocycles. The Morgan fingerprint density at radius 3 is 2.68 bits per heavy atom. The van der Waals surface area contributed by atoms with E-state index in [-0.39, 0.29) is 11.3 Å². The average molecular weight is 257 g/mol. The Hall–Kier alpha value is -2.76. The number of anilines is 1. The van der Waals surface area contributed by atoms with Crippen molar-refractivity contribution < 1.29 is 14.7 Å². The summed E-state index contributed by atoms with van der Waals surface area (Å²) in [4.78, 5) is 30.4. The van der Waals surface area contributed by atoms with Crippen LogP contribution in [-0.4, -0.2) is 27.0 Å². The van der Waals surface area contributed by atoms with Crippen molar-refractivity contribution in [2.24, 2.45) is 0 Å². The molecule has 96 valence electrons. The molecule has 6 nitrogen and oxygen atoms in total. The van der Waals surface area contributed by atoms with Crippen LogP contribution in [-0.2, 0) is 0 Å². The number of nitrogens with zero attached hydrogens (tertiary/aromatic N) is 2. The third-order valence-corrected chi connectivity index (χ3v) is 2.48. The maximum atomic E-state index is 12.0. The molecular formula is C13H11N3O3. The molecular weight excluding hydrogens is 246 g/mol. The smallest absolute Gasteiger partial charge is 0.354 e. The van der Waals surface area contributed by atoms with Crippen molar-refractivity contribution in [3.63, 3.8) is 0 Å². The van der Waals surface area contributed by atoms with E-state index in [2.05, 4.69) is 15.3 Å². The van der Waals surface area contributed by atoms with Crippen molar-refractivity contribution in [2.45, 2.75) is 6.92 Å². The third-order valence-electron chi connectivity index (χ3n) is 2.48. The number of hydrogen-bond acceptors (Lipinski definition) is 4. The van der Waals surface area contributed by atoms with Gasteiger partial charge in [0.25, 0.3) is 5.91 Å². The first-order valence-electron chi connectivity index (χ1n) is 5.50. The van der Waals surface area contributed by atoms with Gasteiger partial charge >= 0.3 is 5.97 Å². The van der Waals surface area contributed by atoms with Gasteiger partial charge in [-0.2, -0.15) is 0 Å². The Morgan fingerprint density at radius 1 is 1.21 bits per heavy atom. The van der Waals surface area contributed by atoms with Gasteiger partial charge in [0.2, 0.25) is 0 Å². The van der Waals surface area contributed by atoms with Crippen molar-refractivity contribution in [1.82, 2.24) is 9.97 Å². The van der Waals surface area contributed by atoms with Crippen LogP contribution in [0.2, 0.25) is 0 Å². The molecule has 19 heavy (non-hydrogen) atoms. The molecule has 2 rings (SSSR count). The molecule has 0 unspecified atom stereocenters. The summed E-state index contributed by atoms with van der Waals surface area (Å²) in [5.74, 6) is -1.16. The lowest BCUT2D eigenvalue weighted by molar-refractivity contribution is 0.0690. The second kappa shape index (κ2) is 5.26. The van der Waals surface area contributed by atoms with E-state index in [1.807, 2.05) is 13.0 Å². The fourth-order valence-electron chi connectivity index (χ4n) is 1.48. The van der Waals surface area contributed by atoms with E-state index in [4.69, 9.17) is 5.11 Å². The van der Waals surface area contributed by atoms with Gasteiger partial charge in [0.05, 0.1) is 0 Å². The van der Waals surface area contributed by atoms with Crippen molar-refractivity contribution in [3.8, 4) is 0 Å². The van der Waals surface area contributed by atoms with E-state index < -0.39 is 11.9 Å². The molecule has 6 heteroatoms. The van der Waals surface area contributed by atoms with Gasteiger partial charge in [-0.3, -0.25) is 4.79 Å². The maximum absolute atomic E-state index is 12.0. The first-order chi connectivity index (χ1) is 9.08. The highest BCUT2D eigenvalue weighted by atomic mass is 16.4. The molecule has 2 aromatic rings. The topological polar surface area (TPSA) is 92.2 Å². The summed E-state index contributed by atoms with van der Waals surface area (Å²) in [6, 6.07) is 6.24. The normalized spacial score (nSPS) is 9.95. The molecule has 0 spiro atoms. The first kappa shape index (κ1) is 12.7. The van der Waals surface area contributed by atoms with E-state index in [0.717, 1.165) is 5.56 Å². The van der Waals surface area contributed by atoms with Gasteiger partial charge in [-0.05, 0) is 30.7 Å². The highest BCUT2D eigenvalue weighted by Crippen LogP contribution is 2.11. The summed E-state index contributed by atoms with van der Waals surface area (Å²) in [7, 11) is 0. The summed E-state index contributed by atoms with van der Waals surface area (Å²) >= 11 is 0. The Kier molecular flexibility index (Phi) is 3.51. The number of carbonyl (C=O) groups is 2. The van der Waals surface area contributed by atoms with Crippen LogP contribution >= 0.6 is 0 Å². The lowest BCUT2D eigenvalue weighted by Crippen LogP contribution is -2.15. The minimum atomic E-state index is -1.18. The number of pyridine rings is 2. The van der Waals surface area contributed by atoms with Gasteiger partial charge in [0, 0.05) is 18.0 Å². The molecule has 0 saturated heterocycles. The van der Waals surface area contributed by atoms with Crippen LogP contribution in [0.3, 0.4) is 0 Å². The van der Waals surface area contributed by atoms with Gasteiger partial charge < -0.3 is 10.4 Å². The Morgan fingerprint density at radius 2 is 2.00 bits per heavy atom. The number of aromatic carboxylic acids is 1. The zero-order chi connectivity index (χ0) is 13.8. The van der Waals surface area contributed by atoms with Gasteiger partial charge in [-0.1, -0.05) is 6.07 Å². The average Bonchev–Trinajstić information content (AvgIpc) is 2.41. The summed E-state index contributed by atoms with van der Waals surface area (Å²) in [5, 5.41) is 11.4. The highest BCUT2D eigenvalue weighted by molar-refractivity contribution is 6.05. The lowest BCUT2D eigenvalue weighted by Gasteiger charge is -2.06. The Labute approximate surface area is 109 Å². The van der Waals surface area contributed by atoms with E-state index >= 15 is 0 Å². The van der Waals surface area contributed by atoms with Crippen molar-refractivity contribution in [1.29, 1.82) is 0 Å². The minimum Gasteiger partial charge on any atom is -0.477 e. The number of carboxylic acids is 1. The van der Waals surface area contributed by atoms with Crippen molar-refractivity contribution in [2.75, 3.05) is 5.32 Å². The molecule has 2 N–H and O–H groups in total. The van der Waals surface area contributed by atoms with Gasteiger partial charge in [0.1, 0.15) is 11.5 Å². The quantitative estimate of drug-likeness (QED) is 0.873. The first-order valence-corrected chi connectivity index (χ1v) is 5.50. The number of rotatable bonds is 3. The highest BCUT2D eigenvalue weighted by Gasteiger charge is 2.12. The standard InChI is InChI=1S/C13H11N3O3/c1-8-3-2-5-15-11(8)16-12(17)9-4-6-14-10(7-9)13(18)19/h2-7H,1H3,(H,18,19)(H,15,16,17). The van der Waals surface area contributed by atoms with Gasteiger partial charge in [0.15, 0.2) is 0 Å². The van der Waals surface area contributed by atoms with Crippen LogP contribution in [0.15, 0.2) is 36.7 Å². The van der Waals surface area contributed by atoms with Gasteiger partial charge in [-0.15, -0.1) is 0 Å². The molecule has 0 bridgehead atoms. The van der Waals surface area contributed by atoms with Crippen LogP contribution in [0.4, 0.5) is 5.82 Å². The zero-order valence-electron chi connectivity index (χ0n) is 10.1. The molecule has 0 aliphatic heterocycles. The van der Waals surface area contributed by atoms with E-state index in [0.29, 0.717) is 5.82 Å². The number of aromatic nitrogens is 2. The third kappa shape index (κ3) is 2.92. The summed E-state index contributed by atoms with van der Waals surface area (Å²) < 4.78 is 0. The number of aryl methyl sites for hydroxylation is 1. The number of carbonyl (C=O) groups excluding carboxylic acids is 1. The molecule has 0 saturated carbocycles. The molecule has 2 heterocycles.